The Kier molecular flexibility index (Phi) is 5.43. The fourth-order valence-corrected chi connectivity index (χ4v) is 5.85. The Labute approximate surface area is 173 Å². The molecule has 1 aromatic rings. The fraction of sp³-hybridized carbons (Fsp3) is 0.667. The minimum atomic E-state index is -0.238. The summed E-state index contributed by atoms with van der Waals surface area (Å²) in [5.74, 6) is 1.63. The Hall–Kier alpha value is -1.91. The summed E-state index contributed by atoms with van der Waals surface area (Å²) in [4.78, 5) is 13.0. The molecule has 0 radical (unpaired) electrons. The van der Waals surface area contributed by atoms with Crippen molar-refractivity contribution in [3.8, 4) is 0 Å². The van der Waals surface area contributed by atoms with Gasteiger partial charge in [-0.3, -0.25) is 0 Å². The predicted molar refractivity (Wildman–Crippen MR) is 114 cm³/mol. The van der Waals surface area contributed by atoms with Crippen LogP contribution in [-0.4, -0.2) is 29.3 Å². The number of unbranched alkanes of at least 4 members (excludes halogenated alkanes) is 1. The predicted octanol–water partition coefficient (Wildman–Crippen LogP) is 5.55. The van der Waals surface area contributed by atoms with E-state index in [-0.39, 0.29) is 23.8 Å². The molecule has 5 rings (SSSR count). The van der Waals surface area contributed by atoms with E-state index >= 15 is 0 Å². The van der Waals surface area contributed by atoms with E-state index in [1.54, 1.807) is 17.1 Å². The van der Waals surface area contributed by atoms with E-state index in [2.05, 4.69) is 38.1 Å². The molecular weight excluding hydrogens is 365 g/mol. The number of halogens is 1. The lowest BCUT2D eigenvalue weighted by atomic mass is 9.45. The number of fused-ring (bicyclic) bond motifs is 2. The highest BCUT2D eigenvalue weighted by atomic mass is 19.1. The van der Waals surface area contributed by atoms with Gasteiger partial charge in [0.05, 0.1) is 6.54 Å². The van der Waals surface area contributed by atoms with Gasteiger partial charge in [0.1, 0.15) is 5.82 Å². The number of nitrogens with one attached hydrogen (secondary N) is 1. The Morgan fingerprint density at radius 3 is 2.79 bits per heavy atom. The van der Waals surface area contributed by atoms with E-state index in [1.165, 1.54) is 12.5 Å². The summed E-state index contributed by atoms with van der Waals surface area (Å²) in [5, 5.41) is 9.53. The van der Waals surface area contributed by atoms with Crippen molar-refractivity contribution in [1.29, 1.82) is 0 Å². The van der Waals surface area contributed by atoms with E-state index in [9.17, 15) is 9.18 Å². The number of rotatable bonds is 5. The van der Waals surface area contributed by atoms with Crippen LogP contribution < -0.4 is 5.32 Å². The van der Waals surface area contributed by atoms with Crippen LogP contribution in [0.2, 0.25) is 0 Å². The van der Waals surface area contributed by atoms with Crippen LogP contribution >= 0.6 is 0 Å². The standard InChI is InChI=1S/C24H34FN3O/c1-5-6-10-21-19(16-8-7-9-18(25)11-16)14-28(27-21)23(29)26-22-13-17-12-20(15(22)2)24(17,3)4/h7-9,11,15,17,19-20,22H,5-6,10,12-14H2,1-4H3,(H,26,29)/t15-,17-,19?,20+,22-/m0/s1. The van der Waals surface area contributed by atoms with Crippen LogP contribution in [0.15, 0.2) is 29.4 Å². The molecule has 4 nitrogen and oxygen atoms in total. The Balaban J connectivity index is 1.45. The van der Waals surface area contributed by atoms with Gasteiger partial charge in [-0.2, -0.15) is 5.10 Å². The molecule has 158 valence electrons. The van der Waals surface area contributed by atoms with Crippen LogP contribution in [0.1, 0.15) is 71.3 Å². The number of hydrogen-bond acceptors (Lipinski definition) is 2. The van der Waals surface area contributed by atoms with Crippen LogP contribution in [-0.2, 0) is 0 Å². The van der Waals surface area contributed by atoms with E-state index < -0.39 is 0 Å². The van der Waals surface area contributed by atoms with Crippen LogP contribution in [0.4, 0.5) is 9.18 Å². The second-order valence-electron chi connectivity index (χ2n) is 9.90. The number of hydrogen-bond donors (Lipinski definition) is 1. The van der Waals surface area contributed by atoms with Crippen molar-refractivity contribution in [2.75, 3.05) is 6.54 Å². The van der Waals surface area contributed by atoms with E-state index in [0.717, 1.165) is 37.0 Å². The molecule has 29 heavy (non-hydrogen) atoms. The fourth-order valence-electron chi connectivity index (χ4n) is 5.85. The van der Waals surface area contributed by atoms with E-state index in [0.29, 0.717) is 29.7 Å². The molecule has 1 aliphatic heterocycles. The molecule has 1 heterocycles. The summed E-state index contributed by atoms with van der Waals surface area (Å²) in [6, 6.07) is 6.84. The molecule has 0 aromatic heterocycles. The summed E-state index contributed by atoms with van der Waals surface area (Å²) in [7, 11) is 0. The van der Waals surface area contributed by atoms with E-state index in [4.69, 9.17) is 0 Å². The SMILES string of the molecule is CCCCC1=NN(C(=O)N[C@H]2C[C@@H]3C[C@H]([C@@H]2C)C3(C)C)CC1c1cccc(F)c1. The molecule has 3 saturated carbocycles. The van der Waals surface area contributed by atoms with Crippen LogP contribution in [0.25, 0.3) is 0 Å². The van der Waals surface area contributed by atoms with Crippen molar-refractivity contribution in [3.63, 3.8) is 0 Å². The number of urea groups is 1. The van der Waals surface area contributed by atoms with Crippen molar-refractivity contribution in [3.05, 3.63) is 35.6 Å². The summed E-state index contributed by atoms with van der Waals surface area (Å²) in [5.41, 5.74) is 2.31. The van der Waals surface area contributed by atoms with Gasteiger partial charge in [0.2, 0.25) is 0 Å². The highest BCUT2D eigenvalue weighted by Crippen LogP contribution is 2.61. The van der Waals surface area contributed by atoms with Crippen molar-refractivity contribution in [1.82, 2.24) is 10.3 Å². The third-order valence-corrected chi connectivity index (χ3v) is 7.94. The van der Waals surface area contributed by atoms with E-state index in [1.807, 2.05) is 6.07 Å². The average molecular weight is 400 g/mol. The van der Waals surface area contributed by atoms with Gasteiger partial charge in [-0.05, 0) is 66.5 Å². The lowest BCUT2D eigenvalue weighted by Gasteiger charge is -2.62. The monoisotopic (exact) mass is 399 g/mol. The first kappa shape index (κ1) is 20.4. The minimum absolute atomic E-state index is 0.0147. The van der Waals surface area contributed by atoms with Gasteiger partial charge >= 0.3 is 6.03 Å². The molecule has 5 atom stereocenters. The molecule has 3 aliphatic carbocycles. The van der Waals surface area contributed by atoms with Crippen LogP contribution in [0.3, 0.4) is 0 Å². The molecule has 1 N–H and O–H groups in total. The van der Waals surface area contributed by atoms with Crippen LogP contribution in [0, 0.1) is 29.0 Å². The number of amides is 2. The van der Waals surface area contributed by atoms with Crippen molar-refractivity contribution in [2.45, 2.75) is 71.8 Å². The number of carbonyl (C=O) groups is 1. The Bertz CT molecular complexity index is 805. The largest absolute Gasteiger partial charge is 0.338 e. The summed E-state index contributed by atoms with van der Waals surface area (Å²) < 4.78 is 13.8. The molecule has 2 amide bonds. The van der Waals surface area contributed by atoms with Gasteiger partial charge < -0.3 is 5.32 Å². The normalized spacial score (nSPS) is 32.5. The molecule has 4 aliphatic rings. The maximum atomic E-state index is 13.8. The zero-order valence-corrected chi connectivity index (χ0v) is 18.1. The Morgan fingerprint density at radius 2 is 2.14 bits per heavy atom. The van der Waals surface area contributed by atoms with Crippen molar-refractivity contribution >= 4 is 11.7 Å². The maximum absolute atomic E-state index is 13.8. The summed E-state index contributed by atoms with van der Waals surface area (Å²) in [6.07, 6.45) is 5.30. The number of benzene rings is 1. The second kappa shape index (κ2) is 7.73. The average Bonchev–Trinajstić information content (AvgIpc) is 3.11. The molecule has 1 aromatic carbocycles. The first-order valence-electron chi connectivity index (χ1n) is 11.2. The van der Waals surface area contributed by atoms with Crippen molar-refractivity contribution < 1.29 is 9.18 Å². The molecule has 2 bridgehead atoms. The zero-order chi connectivity index (χ0) is 20.8. The van der Waals surface area contributed by atoms with Gasteiger partial charge in [0.25, 0.3) is 0 Å². The highest BCUT2D eigenvalue weighted by molar-refractivity contribution is 5.94. The number of nitrogens with zero attached hydrogens (tertiary/aromatic N) is 2. The third kappa shape index (κ3) is 3.69. The number of hydrazone groups is 1. The van der Waals surface area contributed by atoms with Gasteiger partial charge in [-0.25, -0.2) is 14.2 Å². The van der Waals surface area contributed by atoms with Gasteiger partial charge in [0.15, 0.2) is 0 Å². The molecule has 3 fully saturated rings. The first-order chi connectivity index (χ1) is 13.8. The topological polar surface area (TPSA) is 44.7 Å². The smallest absolute Gasteiger partial charge is 0.333 e. The highest BCUT2D eigenvalue weighted by Gasteiger charge is 2.56. The minimum Gasteiger partial charge on any atom is -0.333 e. The van der Waals surface area contributed by atoms with Gasteiger partial charge in [-0.1, -0.05) is 46.2 Å². The number of carbonyl (C=O) groups excluding carboxylic acids is 1. The molecule has 0 saturated heterocycles. The summed E-state index contributed by atoms with van der Waals surface area (Å²) >= 11 is 0. The van der Waals surface area contributed by atoms with Gasteiger partial charge in [0, 0.05) is 17.7 Å². The second-order valence-corrected chi connectivity index (χ2v) is 9.90. The lowest BCUT2D eigenvalue weighted by Crippen LogP contribution is -2.61. The lowest BCUT2D eigenvalue weighted by molar-refractivity contribution is -0.113. The third-order valence-electron chi connectivity index (χ3n) is 7.94. The van der Waals surface area contributed by atoms with Crippen molar-refractivity contribution in [2.24, 2.45) is 28.3 Å². The molecule has 0 spiro atoms. The van der Waals surface area contributed by atoms with Crippen LogP contribution in [0.5, 0.6) is 0 Å². The summed E-state index contributed by atoms with van der Waals surface area (Å²) in [6.45, 7) is 9.66. The zero-order valence-electron chi connectivity index (χ0n) is 18.1. The molecule has 1 unspecified atom stereocenters. The Morgan fingerprint density at radius 1 is 1.34 bits per heavy atom. The quantitative estimate of drug-likeness (QED) is 0.693. The first-order valence-corrected chi connectivity index (χ1v) is 11.2. The molecular formula is C24H34FN3O. The maximum Gasteiger partial charge on any atom is 0.338 e. The van der Waals surface area contributed by atoms with Gasteiger partial charge in [-0.15, -0.1) is 0 Å². The molecule has 5 heteroatoms.